The molecule has 0 bridgehead atoms. The van der Waals surface area contributed by atoms with E-state index in [1.807, 2.05) is 40.6 Å². The van der Waals surface area contributed by atoms with Crippen molar-refractivity contribution in [3.8, 4) is 0 Å². The van der Waals surface area contributed by atoms with E-state index in [9.17, 15) is 9.59 Å². The molecule has 0 radical (unpaired) electrons. The first kappa shape index (κ1) is 26.4. The predicted octanol–water partition coefficient (Wildman–Crippen LogP) is 5.01. The van der Waals surface area contributed by atoms with Crippen LogP contribution in [0, 0.1) is 5.92 Å². The molecule has 3 aromatic rings. The summed E-state index contributed by atoms with van der Waals surface area (Å²) in [6.07, 6.45) is 0.906. The van der Waals surface area contributed by atoms with E-state index < -0.39 is 5.92 Å². The molecule has 2 aliphatic heterocycles. The monoisotopic (exact) mass is 530 g/mol. The summed E-state index contributed by atoms with van der Waals surface area (Å²) in [6, 6.07) is 22.0. The first-order valence-corrected chi connectivity index (χ1v) is 14.6. The molecule has 2 atom stereocenters. The summed E-state index contributed by atoms with van der Waals surface area (Å²) in [5, 5.41) is 5.27. The Kier molecular flexibility index (Phi) is 8.45. The van der Waals surface area contributed by atoms with Crippen molar-refractivity contribution in [2.75, 3.05) is 50.7 Å². The van der Waals surface area contributed by atoms with Crippen molar-refractivity contribution in [3.05, 3.63) is 88.1 Å². The predicted molar refractivity (Wildman–Crippen MR) is 155 cm³/mol. The van der Waals surface area contributed by atoms with Crippen molar-refractivity contribution in [1.82, 2.24) is 15.1 Å². The Morgan fingerprint density at radius 2 is 1.71 bits per heavy atom. The SMILES string of the molecule is CC(C)CN1C(=O)c2ccccc2[C@@H](C(=O)NCCCN2CCN(c3ccccc3)CC2)[C@H]1c1cccs1. The minimum Gasteiger partial charge on any atom is -0.369 e. The molecule has 0 unspecified atom stereocenters. The summed E-state index contributed by atoms with van der Waals surface area (Å²) in [5.41, 5.74) is 2.78. The number of anilines is 1. The van der Waals surface area contributed by atoms with E-state index in [1.54, 1.807) is 11.3 Å². The van der Waals surface area contributed by atoms with E-state index in [2.05, 4.69) is 65.4 Å². The summed E-state index contributed by atoms with van der Waals surface area (Å²) < 4.78 is 0. The van der Waals surface area contributed by atoms with E-state index in [0.29, 0.717) is 24.6 Å². The molecule has 6 nitrogen and oxygen atoms in total. The number of nitrogens with zero attached hydrogens (tertiary/aromatic N) is 3. The number of amides is 2. The molecule has 1 fully saturated rings. The molecule has 2 aliphatic rings. The third-order valence-electron chi connectivity index (χ3n) is 7.56. The Morgan fingerprint density at radius 3 is 2.42 bits per heavy atom. The molecule has 1 aromatic heterocycles. The van der Waals surface area contributed by atoms with Crippen LogP contribution in [0.15, 0.2) is 72.1 Å². The van der Waals surface area contributed by atoms with Crippen LogP contribution >= 0.6 is 11.3 Å². The zero-order valence-electron chi connectivity index (χ0n) is 22.4. The number of thiophene rings is 1. The van der Waals surface area contributed by atoms with E-state index in [0.717, 1.165) is 49.6 Å². The van der Waals surface area contributed by atoms with Crippen LogP contribution in [0.3, 0.4) is 0 Å². The van der Waals surface area contributed by atoms with Crippen molar-refractivity contribution in [2.45, 2.75) is 32.2 Å². The highest BCUT2D eigenvalue weighted by Gasteiger charge is 2.44. The number of nitrogens with one attached hydrogen (secondary N) is 1. The van der Waals surface area contributed by atoms with Crippen molar-refractivity contribution in [2.24, 2.45) is 5.92 Å². The lowest BCUT2D eigenvalue weighted by atomic mass is 9.81. The van der Waals surface area contributed by atoms with Gasteiger partial charge in [0.1, 0.15) is 0 Å². The van der Waals surface area contributed by atoms with Crippen LogP contribution in [-0.2, 0) is 4.79 Å². The lowest BCUT2D eigenvalue weighted by Gasteiger charge is -2.42. The fourth-order valence-corrected chi connectivity index (χ4v) is 6.61. The van der Waals surface area contributed by atoms with Gasteiger partial charge in [-0.05, 0) is 54.1 Å². The molecule has 38 heavy (non-hydrogen) atoms. The maximum atomic E-state index is 13.8. The standard InChI is InChI=1S/C31H38N4O2S/c1-23(2)22-35-29(27-14-8-21-38-27)28(25-12-6-7-13-26(25)31(35)37)30(36)32-15-9-16-33-17-19-34(20-18-33)24-10-4-3-5-11-24/h3-8,10-14,21,23,28-29H,9,15-20,22H2,1-2H3,(H,32,36)/t28-,29-/m1/s1. The average Bonchev–Trinajstić information content (AvgIpc) is 3.48. The minimum absolute atomic E-state index is 0.00556. The summed E-state index contributed by atoms with van der Waals surface area (Å²) in [4.78, 5) is 35.3. The van der Waals surface area contributed by atoms with Crippen LogP contribution in [0.1, 0.15) is 53.0 Å². The molecule has 1 saturated heterocycles. The van der Waals surface area contributed by atoms with Gasteiger partial charge in [0.15, 0.2) is 0 Å². The Balaban J connectivity index is 1.23. The summed E-state index contributed by atoms with van der Waals surface area (Å²) >= 11 is 1.62. The number of carbonyl (C=O) groups is 2. The number of hydrogen-bond acceptors (Lipinski definition) is 5. The highest BCUT2D eigenvalue weighted by molar-refractivity contribution is 7.10. The van der Waals surface area contributed by atoms with E-state index in [1.165, 1.54) is 5.69 Å². The average molecular weight is 531 g/mol. The molecule has 1 N–H and O–H groups in total. The van der Waals surface area contributed by atoms with Crippen LogP contribution in [0.4, 0.5) is 5.69 Å². The van der Waals surface area contributed by atoms with Crippen LogP contribution in [0.5, 0.6) is 0 Å². The number of piperazine rings is 1. The summed E-state index contributed by atoms with van der Waals surface area (Å²) in [6.45, 7) is 10.6. The summed E-state index contributed by atoms with van der Waals surface area (Å²) in [5.74, 6) is -0.0918. The van der Waals surface area contributed by atoms with Gasteiger partial charge in [-0.3, -0.25) is 14.5 Å². The maximum Gasteiger partial charge on any atom is 0.254 e. The number of carbonyl (C=O) groups excluding carboxylic acids is 2. The molecule has 7 heteroatoms. The van der Waals surface area contributed by atoms with Crippen LogP contribution < -0.4 is 10.2 Å². The zero-order valence-corrected chi connectivity index (χ0v) is 23.2. The normalized spacial score (nSPS) is 20.0. The van der Waals surface area contributed by atoms with Gasteiger partial charge in [0.05, 0.1) is 12.0 Å². The third kappa shape index (κ3) is 5.79. The maximum absolute atomic E-state index is 13.8. The quantitative estimate of drug-likeness (QED) is 0.395. The molecule has 2 aromatic carbocycles. The van der Waals surface area contributed by atoms with Gasteiger partial charge in [-0.15, -0.1) is 11.3 Å². The number of fused-ring (bicyclic) bond motifs is 1. The molecule has 5 rings (SSSR count). The Morgan fingerprint density at radius 1 is 0.974 bits per heavy atom. The third-order valence-corrected chi connectivity index (χ3v) is 8.50. The van der Waals surface area contributed by atoms with Crippen molar-refractivity contribution in [1.29, 1.82) is 0 Å². The van der Waals surface area contributed by atoms with Gasteiger partial charge >= 0.3 is 0 Å². The second-order valence-electron chi connectivity index (χ2n) is 10.7. The molecule has 3 heterocycles. The first-order chi connectivity index (χ1) is 18.5. The number of rotatable bonds is 9. The Labute approximate surface area is 230 Å². The van der Waals surface area contributed by atoms with Gasteiger partial charge in [-0.25, -0.2) is 0 Å². The molecular weight excluding hydrogens is 492 g/mol. The molecule has 0 spiro atoms. The summed E-state index contributed by atoms with van der Waals surface area (Å²) in [7, 11) is 0. The molecule has 0 aliphatic carbocycles. The number of benzene rings is 2. The Bertz CT molecular complexity index is 1210. The van der Waals surface area contributed by atoms with Gasteiger partial charge in [0.2, 0.25) is 5.91 Å². The topological polar surface area (TPSA) is 55.9 Å². The van der Waals surface area contributed by atoms with E-state index >= 15 is 0 Å². The minimum atomic E-state index is -0.421. The first-order valence-electron chi connectivity index (χ1n) is 13.8. The lowest BCUT2D eigenvalue weighted by Crippen LogP contribution is -2.49. The lowest BCUT2D eigenvalue weighted by molar-refractivity contribution is -0.124. The second-order valence-corrected chi connectivity index (χ2v) is 11.7. The number of hydrogen-bond donors (Lipinski definition) is 1. The fourth-order valence-electron chi connectivity index (χ4n) is 5.74. The zero-order chi connectivity index (χ0) is 26.5. The van der Waals surface area contributed by atoms with Gasteiger partial charge in [0.25, 0.3) is 5.91 Å². The van der Waals surface area contributed by atoms with Crippen LogP contribution in [0.25, 0.3) is 0 Å². The molecule has 200 valence electrons. The van der Waals surface area contributed by atoms with Crippen molar-refractivity contribution >= 4 is 28.8 Å². The Hall–Kier alpha value is -3.16. The molecule has 0 saturated carbocycles. The van der Waals surface area contributed by atoms with Crippen LogP contribution in [0.2, 0.25) is 0 Å². The highest BCUT2D eigenvalue weighted by atomic mass is 32.1. The van der Waals surface area contributed by atoms with E-state index in [-0.39, 0.29) is 17.9 Å². The van der Waals surface area contributed by atoms with Crippen LogP contribution in [-0.4, -0.2) is 67.4 Å². The van der Waals surface area contributed by atoms with Gasteiger partial charge < -0.3 is 15.1 Å². The largest absolute Gasteiger partial charge is 0.369 e. The second kappa shape index (κ2) is 12.1. The van der Waals surface area contributed by atoms with Gasteiger partial charge in [-0.1, -0.05) is 56.3 Å². The van der Waals surface area contributed by atoms with Gasteiger partial charge in [-0.2, -0.15) is 0 Å². The highest BCUT2D eigenvalue weighted by Crippen LogP contribution is 2.44. The van der Waals surface area contributed by atoms with Crippen molar-refractivity contribution < 1.29 is 9.59 Å². The molecule has 2 amide bonds. The fraction of sp³-hybridized carbons (Fsp3) is 0.419. The van der Waals surface area contributed by atoms with Gasteiger partial charge in [0, 0.05) is 55.4 Å². The molecular formula is C31H38N4O2S. The number of para-hydroxylation sites is 1. The van der Waals surface area contributed by atoms with Crippen molar-refractivity contribution in [3.63, 3.8) is 0 Å². The smallest absolute Gasteiger partial charge is 0.254 e. The van der Waals surface area contributed by atoms with E-state index in [4.69, 9.17) is 0 Å².